The van der Waals surface area contributed by atoms with E-state index in [-0.39, 0.29) is 23.9 Å². The minimum Gasteiger partial charge on any atom is -0.348 e. The molecule has 2 N–H and O–H groups in total. The van der Waals surface area contributed by atoms with Crippen molar-refractivity contribution < 1.29 is 9.59 Å². The van der Waals surface area contributed by atoms with Gasteiger partial charge in [-0.05, 0) is 51.5 Å². The molecule has 2 amide bonds. The van der Waals surface area contributed by atoms with Crippen LogP contribution in [-0.4, -0.2) is 60.5 Å². The summed E-state index contributed by atoms with van der Waals surface area (Å²) in [5, 5.41) is 18.4. The minimum atomic E-state index is -0.154. The molecule has 1 aliphatic heterocycles. The lowest BCUT2D eigenvalue weighted by molar-refractivity contribution is -0.132. The number of rotatable bonds is 7. The van der Waals surface area contributed by atoms with Crippen LogP contribution in [0.2, 0.25) is 0 Å². The number of nitrogens with zero attached hydrogens (tertiary/aromatic N) is 5. The van der Waals surface area contributed by atoms with Gasteiger partial charge in [-0.25, -0.2) is 4.68 Å². The van der Waals surface area contributed by atoms with E-state index in [1.54, 1.807) is 10.9 Å². The first-order valence-electron chi connectivity index (χ1n) is 11.0. The molecule has 2 aromatic rings. The summed E-state index contributed by atoms with van der Waals surface area (Å²) in [4.78, 5) is 27.2. The molecule has 0 radical (unpaired) electrons. The summed E-state index contributed by atoms with van der Waals surface area (Å²) in [6.45, 7) is 5.30. The zero-order chi connectivity index (χ0) is 21.1. The molecule has 0 unspecified atom stereocenters. The average Bonchev–Trinajstić information content (AvgIpc) is 3.51. The lowest BCUT2D eigenvalue weighted by atomic mass is 10.1. The predicted molar refractivity (Wildman–Crippen MR) is 111 cm³/mol. The summed E-state index contributed by atoms with van der Waals surface area (Å²) in [7, 11) is 0. The van der Waals surface area contributed by atoms with Crippen LogP contribution in [0, 0.1) is 13.8 Å². The maximum Gasteiger partial charge on any atom is 0.273 e. The highest BCUT2D eigenvalue weighted by molar-refractivity contribution is 5.92. The van der Waals surface area contributed by atoms with E-state index < -0.39 is 0 Å². The number of nitrogens with one attached hydrogen (secondary N) is 2. The van der Waals surface area contributed by atoms with Gasteiger partial charge in [0.15, 0.2) is 5.69 Å². The molecular formula is C21H31N7O2. The average molecular weight is 414 g/mol. The van der Waals surface area contributed by atoms with Crippen LogP contribution in [0.3, 0.4) is 0 Å². The van der Waals surface area contributed by atoms with Crippen molar-refractivity contribution in [3.63, 3.8) is 0 Å². The normalized spacial score (nSPS) is 19.5. The number of amides is 2. The van der Waals surface area contributed by atoms with Crippen LogP contribution < -0.4 is 5.32 Å². The van der Waals surface area contributed by atoms with Crippen molar-refractivity contribution in [1.82, 2.24) is 35.4 Å². The highest BCUT2D eigenvalue weighted by atomic mass is 16.2. The molecule has 1 saturated heterocycles. The van der Waals surface area contributed by atoms with Gasteiger partial charge in [-0.2, -0.15) is 5.10 Å². The standard InChI is InChI=1S/C21H31N7O2/c1-14-18(15(2)24-23-14)9-10-20(29)28-11-5-8-17(28)12-27-13-19(25-26-27)21(30)22-16-6-3-4-7-16/h13,16-17H,3-12H2,1-2H3,(H,22,30)(H,23,24)/t17-/m0/s1. The number of carbonyl (C=O) groups is 2. The van der Waals surface area contributed by atoms with Gasteiger partial charge in [-0.15, -0.1) is 5.10 Å². The highest BCUT2D eigenvalue weighted by Gasteiger charge is 2.29. The van der Waals surface area contributed by atoms with Crippen molar-refractivity contribution >= 4 is 11.8 Å². The molecule has 0 aromatic carbocycles. The van der Waals surface area contributed by atoms with E-state index in [1.165, 1.54) is 12.8 Å². The largest absolute Gasteiger partial charge is 0.348 e. The number of hydrogen-bond donors (Lipinski definition) is 2. The molecule has 9 nitrogen and oxygen atoms in total. The van der Waals surface area contributed by atoms with Crippen LogP contribution in [0.5, 0.6) is 0 Å². The Morgan fingerprint density at radius 3 is 2.73 bits per heavy atom. The zero-order valence-electron chi connectivity index (χ0n) is 17.9. The Hall–Kier alpha value is -2.71. The Balaban J connectivity index is 1.32. The molecule has 2 aliphatic rings. The van der Waals surface area contributed by atoms with E-state index in [1.807, 2.05) is 18.7 Å². The number of H-pyrrole nitrogens is 1. The van der Waals surface area contributed by atoms with E-state index in [4.69, 9.17) is 0 Å². The highest BCUT2D eigenvalue weighted by Crippen LogP contribution is 2.22. The Morgan fingerprint density at radius 2 is 2.00 bits per heavy atom. The number of hydrogen-bond acceptors (Lipinski definition) is 5. The molecule has 1 aliphatic carbocycles. The van der Waals surface area contributed by atoms with E-state index in [0.29, 0.717) is 25.1 Å². The Morgan fingerprint density at radius 1 is 1.20 bits per heavy atom. The smallest absolute Gasteiger partial charge is 0.273 e. The van der Waals surface area contributed by atoms with Crippen LogP contribution in [0.15, 0.2) is 6.20 Å². The van der Waals surface area contributed by atoms with Gasteiger partial charge < -0.3 is 10.2 Å². The van der Waals surface area contributed by atoms with Crippen molar-refractivity contribution in [3.05, 3.63) is 28.8 Å². The lowest BCUT2D eigenvalue weighted by Gasteiger charge is -2.24. The Bertz CT molecular complexity index is 878. The predicted octanol–water partition coefficient (Wildman–Crippen LogP) is 1.91. The first kappa shape index (κ1) is 20.6. The first-order valence-corrected chi connectivity index (χ1v) is 11.0. The van der Waals surface area contributed by atoms with Gasteiger partial charge in [0.2, 0.25) is 5.91 Å². The third-order valence-electron chi connectivity index (χ3n) is 6.43. The van der Waals surface area contributed by atoms with Crippen LogP contribution in [-0.2, 0) is 17.8 Å². The number of likely N-dealkylation sites (tertiary alicyclic amines) is 1. The summed E-state index contributed by atoms with van der Waals surface area (Å²) in [6, 6.07) is 0.351. The summed E-state index contributed by atoms with van der Waals surface area (Å²) in [5.74, 6) is 0.00942. The quantitative estimate of drug-likeness (QED) is 0.721. The summed E-state index contributed by atoms with van der Waals surface area (Å²) >= 11 is 0. The molecule has 1 atom stereocenters. The molecule has 4 rings (SSSR count). The fourth-order valence-electron chi connectivity index (χ4n) is 4.71. The van der Waals surface area contributed by atoms with Crippen LogP contribution in [0.25, 0.3) is 0 Å². The number of aryl methyl sites for hydroxylation is 2. The van der Waals surface area contributed by atoms with Gasteiger partial charge in [0.1, 0.15) is 0 Å². The molecular weight excluding hydrogens is 382 g/mol. The third kappa shape index (κ3) is 4.55. The molecule has 1 saturated carbocycles. The van der Waals surface area contributed by atoms with Gasteiger partial charge in [-0.1, -0.05) is 18.1 Å². The molecule has 3 heterocycles. The fourth-order valence-corrected chi connectivity index (χ4v) is 4.71. The molecule has 0 spiro atoms. The number of aromatic nitrogens is 5. The molecule has 30 heavy (non-hydrogen) atoms. The molecule has 2 aromatic heterocycles. The van der Waals surface area contributed by atoms with Crippen LogP contribution in [0.4, 0.5) is 0 Å². The summed E-state index contributed by atoms with van der Waals surface area (Å²) in [6.07, 6.45) is 9.22. The van der Waals surface area contributed by atoms with Gasteiger partial charge in [0.05, 0.1) is 24.5 Å². The van der Waals surface area contributed by atoms with Gasteiger partial charge in [-0.3, -0.25) is 14.7 Å². The van der Waals surface area contributed by atoms with E-state index in [2.05, 4.69) is 25.8 Å². The fraction of sp³-hybridized carbons (Fsp3) is 0.667. The molecule has 2 fully saturated rings. The number of aromatic amines is 1. The zero-order valence-corrected chi connectivity index (χ0v) is 17.9. The first-order chi connectivity index (χ1) is 14.5. The van der Waals surface area contributed by atoms with E-state index >= 15 is 0 Å². The SMILES string of the molecule is Cc1n[nH]c(C)c1CCC(=O)N1CCC[C@H]1Cn1cc(C(=O)NC2CCCC2)nn1. The van der Waals surface area contributed by atoms with Crippen molar-refractivity contribution in [1.29, 1.82) is 0 Å². The maximum atomic E-state index is 12.9. The number of carbonyl (C=O) groups excluding carboxylic acids is 2. The van der Waals surface area contributed by atoms with Gasteiger partial charge in [0, 0.05) is 24.7 Å². The van der Waals surface area contributed by atoms with E-state index in [9.17, 15) is 9.59 Å². The molecule has 9 heteroatoms. The second-order valence-electron chi connectivity index (χ2n) is 8.58. The second kappa shape index (κ2) is 8.97. The van der Waals surface area contributed by atoms with Gasteiger partial charge in [0.25, 0.3) is 5.91 Å². The molecule has 0 bridgehead atoms. The topological polar surface area (TPSA) is 109 Å². The van der Waals surface area contributed by atoms with Crippen molar-refractivity contribution in [2.45, 2.75) is 83.8 Å². The second-order valence-corrected chi connectivity index (χ2v) is 8.58. The van der Waals surface area contributed by atoms with Crippen LogP contribution in [0.1, 0.15) is 72.4 Å². The lowest BCUT2D eigenvalue weighted by Crippen LogP contribution is -2.38. The maximum absolute atomic E-state index is 12.9. The van der Waals surface area contributed by atoms with Crippen molar-refractivity contribution in [3.8, 4) is 0 Å². The molecule has 162 valence electrons. The minimum absolute atomic E-state index is 0.0940. The summed E-state index contributed by atoms with van der Waals surface area (Å²) in [5.41, 5.74) is 3.48. The third-order valence-corrected chi connectivity index (χ3v) is 6.43. The van der Waals surface area contributed by atoms with Crippen LogP contribution >= 0.6 is 0 Å². The summed E-state index contributed by atoms with van der Waals surface area (Å²) < 4.78 is 1.70. The van der Waals surface area contributed by atoms with Gasteiger partial charge >= 0.3 is 0 Å². The Labute approximate surface area is 176 Å². The van der Waals surface area contributed by atoms with E-state index in [0.717, 1.165) is 49.2 Å². The van der Waals surface area contributed by atoms with Crippen molar-refractivity contribution in [2.24, 2.45) is 0 Å². The van der Waals surface area contributed by atoms with Crippen molar-refractivity contribution in [2.75, 3.05) is 6.54 Å². The Kier molecular flexibility index (Phi) is 6.15. The monoisotopic (exact) mass is 413 g/mol.